The maximum Gasteiger partial charge on any atom is 0.345 e. The molecule has 0 aliphatic carbocycles. The van der Waals surface area contributed by atoms with E-state index in [4.69, 9.17) is 9.56 Å². The lowest BCUT2D eigenvalue weighted by molar-refractivity contribution is 0.559. The Bertz CT molecular complexity index is 1640. The summed E-state index contributed by atoms with van der Waals surface area (Å²) in [5, 5.41) is 9.88. The van der Waals surface area contributed by atoms with Crippen molar-refractivity contribution in [1.82, 2.24) is 0 Å². The van der Waals surface area contributed by atoms with Gasteiger partial charge >= 0.3 is 5.63 Å². The van der Waals surface area contributed by atoms with Crippen LogP contribution < -0.4 is 16.2 Å². The molecule has 0 unspecified atom stereocenters. The zero-order valence-electron chi connectivity index (χ0n) is 17.6. The van der Waals surface area contributed by atoms with E-state index >= 15 is 0 Å². The summed E-state index contributed by atoms with van der Waals surface area (Å²) in [6.07, 6.45) is 0. The Balaban J connectivity index is 1.77. The fourth-order valence-corrected chi connectivity index (χ4v) is 5.01. The number of fused-ring (bicyclic) bond motifs is 1. The first-order chi connectivity index (χ1) is 16.1. The van der Waals surface area contributed by atoms with Gasteiger partial charge in [-0.3, -0.25) is 5.43 Å². The van der Waals surface area contributed by atoms with Gasteiger partial charge in [0.15, 0.2) is 9.84 Å². The van der Waals surface area contributed by atoms with Crippen LogP contribution in [0.1, 0.15) is 5.56 Å². The Hall–Kier alpha value is -3.80. The predicted octanol–water partition coefficient (Wildman–Crippen LogP) is 2.73. The Morgan fingerprint density at radius 3 is 2.18 bits per heavy atom. The first kappa shape index (κ1) is 23.4. The smallest absolute Gasteiger partial charge is 0.345 e. The van der Waals surface area contributed by atoms with E-state index in [0.717, 1.165) is 0 Å². The molecule has 174 valence electrons. The SMILES string of the molecule is NS(=O)(=O)c1ccc(N/N=C(\CS(=O)(=O)c2ccccc2)c2cc3ccccc3oc2=O)cc1. The molecule has 11 heteroatoms. The van der Waals surface area contributed by atoms with Gasteiger partial charge in [0.25, 0.3) is 0 Å². The summed E-state index contributed by atoms with van der Waals surface area (Å²) < 4.78 is 54.3. The molecule has 34 heavy (non-hydrogen) atoms. The molecule has 0 aliphatic heterocycles. The minimum absolute atomic E-state index is 0.0214. The van der Waals surface area contributed by atoms with E-state index < -0.39 is 31.2 Å². The molecule has 0 amide bonds. The zero-order valence-corrected chi connectivity index (χ0v) is 19.2. The van der Waals surface area contributed by atoms with Gasteiger partial charge in [0, 0.05) is 5.39 Å². The van der Waals surface area contributed by atoms with Crippen molar-refractivity contribution in [1.29, 1.82) is 0 Å². The molecular weight excluding hydrogens is 478 g/mol. The zero-order chi connectivity index (χ0) is 24.3. The van der Waals surface area contributed by atoms with Crippen LogP contribution >= 0.6 is 0 Å². The Labute approximate surface area is 195 Å². The van der Waals surface area contributed by atoms with Crippen LogP contribution in [0.5, 0.6) is 0 Å². The third kappa shape index (κ3) is 5.22. The average Bonchev–Trinajstić information content (AvgIpc) is 2.81. The van der Waals surface area contributed by atoms with E-state index in [2.05, 4.69) is 10.5 Å². The summed E-state index contributed by atoms with van der Waals surface area (Å²) in [5.41, 5.74) is 2.55. The Kier molecular flexibility index (Phi) is 6.33. The third-order valence-electron chi connectivity index (χ3n) is 4.88. The third-order valence-corrected chi connectivity index (χ3v) is 7.46. The second kappa shape index (κ2) is 9.21. The number of primary sulfonamides is 1. The number of para-hydroxylation sites is 1. The molecule has 0 fully saturated rings. The van der Waals surface area contributed by atoms with Crippen molar-refractivity contribution in [3.63, 3.8) is 0 Å². The molecule has 4 aromatic rings. The molecular formula is C23H19N3O6S2. The molecule has 0 saturated heterocycles. The van der Waals surface area contributed by atoms with E-state index in [-0.39, 0.29) is 21.1 Å². The Morgan fingerprint density at radius 2 is 1.50 bits per heavy atom. The molecule has 4 rings (SSSR count). The predicted molar refractivity (Wildman–Crippen MR) is 129 cm³/mol. The minimum Gasteiger partial charge on any atom is -0.422 e. The minimum atomic E-state index is -3.87. The summed E-state index contributed by atoms with van der Waals surface area (Å²) in [7, 11) is -7.73. The lowest BCUT2D eigenvalue weighted by Crippen LogP contribution is -2.24. The highest BCUT2D eigenvalue weighted by Crippen LogP contribution is 2.18. The molecule has 0 atom stereocenters. The van der Waals surface area contributed by atoms with E-state index in [0.29, 0.717) is 16.7 Å². The fourth-order valence-electron chi connectivity index (χ4n) is 3.18. The number of hydrazone groups is 1. The van der Waals surface area contributed by atoms with Gasteiger partial charge < -0.3 is 4.42 Å². The Morgan fingerprint density at radius 1 is 0.853 bits per heavy atom. The van der Waals surface area contributed by atoms with Crippen molar-refractivity contribution in [2.24, 2.45) is 10.2 Å². The summed E-state index contributed by atoms with van der Waals surface area (Å²) in [5.74, 6) is -0.581. The van der Waals surface area contributed by atoms with Gasteiger partial charge in [-0.25, -0.2) is 26.8 Å². The molecule has 0 saturated carbocycles. The molecule has 1 heterocycles. The summed E-state index contributed by atoms with van der Waals surface area (Å²) in [6, 6.07) is 21.5. The number of nitrogens with one attached hydrogen (secondary N) is 1. The lowest BCUT2D eigenvalue weighted by Gasteiger charge is -2.10. The van der Waals surface area contributed by atoms with Crippen molar-refractivity contribution < 1.29 is 21.3 Å². The van der Waals surface area contributed by atoms with Crippen molar-refractivity contribution in [3.8, 4) is 0 Å². The van der Waals surface area contributed by atoms with Crippen molar-refractivity contribution in [3.05, 3.63) is 101 Å². The molecule has 9 nitrogen and oxygen atoms in total. The van der Waals surface area contributed by atoms with Crippen molar-refractivity contribution >= 4 is 42.2 Å². The number of nitrogens with zero attached hydrogens (tertiary/aromatic N) is 1. The van der Waals surface area contributed by atoms with Crippen LogP contribution in [0.2, 0.25) is 0 Å². The molecule has 1 aromatic heterocycles. The molecule has 3 N–H and O–H groups in total. The van der Waals surface area contributed by atoms with Gasteiger partial charge in [0.2, 0.25) is 10.0 Å². The standard InChI is InChI=1S/C23H19N3O6S2/c24-34(30,31)19-12-10-17(11-13-19)25-26-21(15-33(28,29)18-7-2-1-3-8-18)20-14-16-6-4-5-9-22(16)32-23(20)27/h1-14,25H,15H2,(H2,24,30,31)/b26-21+. The topological polar surface area (TPSA) is 149 Å². The van der Waals surface area contributed by atoms with Crippen LogP contribution in [0.3, 0.4) is 0 Å². The number of anilines is 1. The molecule has 0 spiro atoms. The summed E-state index contributed by atoms with van der Waals surface area (Å²) in [4.78, 5) is 12.7. The van der Waals surface area contributed by atoms with E-state index in [1.54, 1.807) is 42.5 Å². The van der Waals surface area contributed by atoms with E-state index in [1.807, 2.05) is 0 Å². The molecule has 3 aromatic carbocycles. The van der Waals surface area contributed by atoms with E-state index in [9.17, 15) is 21.6 Å². The lowest BCUT2D eigenvalue weighted by atomic mass is 10.1. The van der Waals surface area contributed by atoms with Crippen LogP contribution in [-0.4, -0.2) is 28.3 Å². The maximum atomic E-state index is 13.0. The number of nitrogens with two attached hydrogens (primary N) is 1. The molecule has 0 radical (unpaired) electrons. The number of rotatable bonds is 7. The van der Waals surface area contributed by atoms with Gasteiger partial charge in [-0.15, -0.1) is 0 Å². The van der Waals surface area contributed by atoms with Gasteiger partial charge in [0.1, 0.15) is 5.58 Å². The quantitative estimate of drug-likeness (QED) is 0.226. The van der Waals surface area contributed by atoms with Crippen LogP contribution in [0.25, 0.3) is 11.0 Å². The monoisotopic (exact) mass is 497 g/mol. The van der Waals surface area contributed by atoms with Crippen LogP contribution in [0.4, 0.5) is 5.69 Å². The average molecular weight is 498 g/mol. The van der Waals surface area contributed by atoms with Crippen LogP contribution in [0.15, 0.2) is 109 Å². The number of hydrogen-bond donors (Lipinski definition) is 2. The largest absolute Gasteiger partial charge is 0.422 e. The number of sulfone groups is 1. The highest BCUT2D eigenvalue weighted by Gasteiger charge is 2.22. The first-order valence-electron chi connectivity index (χ1n) is 9.90. The number of hydrogen-bond acceptors (Lipinski definition) is 8. The second-order valence-electron chi connectivity index (χ2n) is 7.30. The van der Waals surface area contributed by atoms with Gasteiger partial charge in [-0.2, -0.15) is 5.10 Å². The maximum absolute atomic E-state index is 13.0. The van der Waals surface area contributed by atoms with Crippen molar-refractivity contribution in [2.75, 3.05) is 11.2 Å². The second-order valence-corrected chi connectivity index (χ2v) is 10.8. The van der Waals surface area contributed by atoms with Crippen LogP contribution in [-0.2, 0) is 19.9 Å². The van der Waals surface area contributed by atoms with E-state index in [1.165, 1.54) is 42.5 Å². The van der Waals surface area contributed by atoms with Crippen molar-refractivity contribution in [2.45, 2.75) is 9.79 Å². The fraction of sp³-hybridized carbons (Fsp3) is 0.0435. The highest BCUT2D eigenvalue weighted by atomic mass is 32.2. The summed E-state index contributed by atoms with van der Waals surface area (Å²) >= 11 is 0. The highest BCUT2D eigenvalue weighted by molar-refractivity contribution is 7.92. The number of benzene rings is 3. The normalized spacial score (nSPS) is 12.6. The molecule has 0 aliphatic rings. The van der Waals surface area contributed by atoms with Gasteiger partial charge in [-0.1, -0.05) is 36.4 Å². The number of sulfonamides is 1. The van der Waals surface area contributed by atoms with Gasteiger partial charge in [0.05, 0.1) is 32.5 Å². The molecule has 0 bridgehead atoms. The van der Waals surface area contributed by atoms with Crippen LogP contribution in [0, 0.1) is 0 Å². The first-order valence-corrected chi connectivity index (χ1v) is 13.1. The summed E-state index contributed by atoms with van der Waals surface area (Å²) in [6.45, 7) is 0. The van der Waals surface area contributed by atoms with Gasteiger partial charge in [-0.05, 0) is 48.5 Å².